The Morgan fingerprint density at radius 1 is 1.07 bits per heavy atom. The Morgan fingerprint density at radius 2 is 1.75 bits per heavy atom. The highest BCUT2D eigenvalue weighted by Gasteiger charge is 2.48. The Balaban J connectivity index is 1.29. The monoisotopic (exact) mass is 798 g/mol. The molecule has 3 heterocycles. The van der Waals surface area contributed by atoms with Gasteiger partial charge in [-0.25, -0.2) is 24.7 Å². The van der Waals surface area contributed by atoms with Crippen molar-refractivity contribution in [2.45, 2.75) is 82.3 Å². The number of hydrogen-bond acceptors (Lipinski definition) is 10. The van der Waals surface area contributed by atoms with Crippen molar-refractivity contribution >= 4 is 52.5 Å². The van der Waals surface area contributed by atoms with Crippen LogP contribution in [-0.2, 0) is 29.7 Å². The van der Waals surface area contributed by atoms with Gasteiger partial charge in [0.2, 0.25) is 0 Å². The summed E-state index contributed by atoms with van der Waals surface area (Å²) in [5.74, 6) is 1.47. The Hall–Kier alpha value is -5.28. The second kappa shape index (κ2) is 16.3. The number of ether oxygens (including phenoxy) is 1. The number of likely N-dealkylation sites (N-methyl/N-ethyl adjacent to an activating group) is 1. The molecule has 57 heavy (non-hydrogen) atoms. The van der Waals surface area contributed by atoms with Crippen molar-refractivity contribution in [3.05, 3.63) is 135 Å². The maximum atomic E-state index is 13.0. The standard InChI is InChI=1S/C45H47ClN8O2S/c1-28(31-21-15-23-48-40(31)51-39(29-16-10-8-11-17-29)30-18-12-9-13-19-30)54(6)41-34-27-53(5)45(25-37(34)49-42(52-41)57-7)22-14-20-32-35(46)24-36(33(26-47)38(32)45)50-43(55)56-44(2,3)4/h8-13,15-19,21,23-24,28H,14,20,22,25,27H2,1-7H3,(H,50,55). The van der Waals surface area contributed by atoms with E-state index in [4.69, 9.17) is 36.3 Å². The van der Waals surface area contributed by atoms with Gasteiger partial charge >= 0.3 is 6.09 Å². The summed E-state index contributed by atoms with van der Waals surface area (Å²) in [7, 11) is 4.16. The summed E-state index contributed by atoms with van der Waals surface area (Å²) in [5, 5.41) is 14.7. The van der Waals surface area contributed by atoms with Crippen molar-refractivity contribution in [3.63, 3.8) is 0 Å². The molecule has 0 fully saturated rings. The summed E-state index contributed by atoms with van der Waals surface area (Å²) in [5.41, 5.74) is 6.99. The lowest BCUT2D eigenvalue weighted by Gasteiger charge is -2.50. The minimum atomic E-state index is -0.709. The Labute approximate surface area is 344 Å². The lowest BCUT2D eigenvalue weighted by atomic mass is 9.69. The van der Waals surface area contributed by atoms with Gasteiger partial charge in [-0.1, -0.05) is 90.1 Å². The molecule has 2 unspecified atom stereocenters. The number of halogens is 1. The van der Waals surface area contributed by atoms with Gasteiger partial charge < -0.3 is 9.64 Å². The number of aromatic nitrogens is 3. The van der Waals surface area contributed by atoms with Gasteiger partial charge in [0.15, 0.2) is 11.0 Å². The number of benzene rings is 3. The largest absolute Gasteiger partial charge is 0.444 e. The zero-order chi connectivity index (χ0) is 40.5. The molecule has 5 aromatic rings. The number of thioether (sulfide) groups is 1. The van der Waals surface area contributed by atoms with Gasteiger partial charge in [-0.3, -0.25) is 10.2 Å². The van der Waals surface area contributed by atoms with Gasteiger partial charge in [-0.05, 0) is 83.5 Å². The number of hydrogen-bond donors (Lipinski definition) is 1. The third-order valence-corrected chi connectivity index (χ3v) is 11.8. The SMILES string of the molecule is CSc1nc2c(c(N(C)C(C)c3cccnc3N=C(c3ccccc3)c3ccccc3)n1)CN(C)C1(CCCc3c(Cl)cc(NC(=O)OC(C)(C)C)c(C#N)c31)C2. The summed E-state index contributed by atoms with van der Waals surface area (Å²) < 4.78 is 5.56. The van der Waals surface area contributed by atoms with Crippen LogP contribution >= 0.6 is 23.4 Å². The first-order valence-electron chi connectivity index (χ1n) is 19.1. The van der Waals surface area contributed by atoms with Crippen molar-refractivity contribution in [1.29, 1.82) is 5.26 Å². The number of nitriles is 1. The summed E-state index contributed by atoms with van der Waals surface area (Å²) in [6.45, 7) is 8.09. The molecule has 0 saturated carbocycles. The van der Waals surface area contributed by atoms with Crippen molar-refractivity contribution in [1.82, 2.24) is 19.9 Å². The number of carbonyl (C=O) groups excluding carboxylic acids is 1. The molecule has 1 aliphatic heterocycles. The normalized spacial score (nSPS) is 16.8. The van der Waals surface area contributed by atoms with Crippen LogP contribution in [0, 0.1) is 11.3 Å². The van der Waals surface area contributed by atoms with E-state index in [1.807, 2.05) is 48.7 Å². The molecule has 1 spiro atoms. The van der Waals surface area contributed by atoms with E-state index >= 15 is 0 Å². The predicted octanol–water partition coefficient (Wildman–Crippen LogP) is 10.1. The van der Waals surface area contributed by atoms with E-state index in [-0.39, 0.29) is 6.04 Å². The Morgan fingerprint density at radius 3 is 2.39 bits per heavy atom. The molecule has 2 aliphatic rings. The molecule has 1 aliphatic carbocycles. The second-order valence-electron chi connectivity index (χ2n) is 15.6. The van der Waals surface area contributed by atoms with Crippen LogP contribution in [0.4, 0.5) is 22.1 Å². The van der Waals surface area contributed by atoms with Gasteiger partial charge in [-0.15, -0.1) is 0 Å². The molecule has 0 radical (unpaired) electrons. The maximum Gasteiger partial charge on any atom is 0.412 e. The number of aliphatic imine (C=N–C) groups is 1. The minimum absolute atomic E-state index is 0.166. The molecule has 7 rings (SSSR count). The van der Waals surface area contributed by atoms with Crippen LogP contribution in [0.2, 0.25) is 5.02 Å². The quantitative estimate of drug-likeness (QED) is 0.0929. The first-order chi connectivity index (χ1) is 27.3. The number of anilines is 2. The third-order valence-electron chi connectivity index (χ3n) is 10.9. The molecule has 2 aromatic heterocycles. The number of carbonyl (C=O) groups is 1. The van der Waals surface area contributed by atoms with E-state index in [2.05, 4.69) is 72.5 Å². The van der Waals surface area contributed by atoms with E-state index in [1.165, 1.54) is 11.8 Å². The number of nitrogens with one attached hydrogen (secondary N) is 1. The number of fused-ring (bicyclic) bond motifs is 3. The summed E-state index contributed by atoms with van der Waals surface area (Å²) in [6.07, 6.45) is 6.08. The average molecular weight is 799 g/mol. The van der Waals surface area contributed by atoms with E-state index in [9.17, 15) is 10.1 Å². The maximum absolute atomic E-state index is 13.0. The molecule has 10 nitrogen and oxygen atoms in total. The highest BCUT2D eigenvalue weighted by molar-refractivity contribution is 7.98. The minimum Gasteiger partial charge on any atom is -0.444 e. The summed E-state index contributed by atoms with van der Waals surface area (Å²) >= 11 is 8.50. The summed E-state index contributed by atoms with van der Waals surface area (Å²) in [6, 6.07) is 28.4. The molecular formula is C45H47ClN8O2S. The predicted molar refractivity (Wildman–Crippen MR) is 229 cm³/mol. The topological polar surface area (TPSA) is 120 Å². The van der Waals surface area contributed by atoms with Gasteiger partial charge in [0, 0.05) is 53.5 Å². The lowest BCUT2D eigenvalue weighted by Crippen LogP contribution is -2.51. The zero-order valence-electron chi connectivity index (χ0n) is 33.4. The van der Waals surface area contributed by atoms with E-state index in [0.29, 0.717) is 40.2 Å². The average Bonchev–Trinajstić information content (AvgIpc) is 3.20. The molecule has 1 amide bonds. The molecule has 0 saturated heterocycles. The fourth-order valence-corrected chi connectivity index (χ4v) is 8.80. The van der Waals surface area contributed by atoms with Crippen LogP contribution < -0.4 is 10.2 Å². The molecule has 1 N–H and O–H groups in total. The van der Waals surface area contributed by atoms with Crippen LogP contribution in [0.5, 0.6) is 0 Å². The smallest absolute Gasteiger partial charge is 0.412 e. The molecule has 12 heteroatoms. The Kier molecular flexibility index (Phi) is 11.4. The van der Waals surface area contributed by atoms with Crippen LogP contribution in [-0.4, -0.2) is 57.6 Å². The molecule has 292 valence electrons. The number of pyridine rings is 1. The number of rotatable bonds is 8. The van der Waals surface area contributed by atoms with Crippen molar-refractivity contribution in [3.8, 4) is 6.07 Å². The fraction of sp³-hybridized carbons (Fsp3) is 0.333. The van der Waals surface area contributed by atoms with E-state index in [1.54, 1.807) is 33.0 Å². The van der Waals surface area contributed by atoms with Crippen LogP contribution in [0.3, 0.4) is 0 Å². The van der Waals surface area contributed by atoms with Crippen molar-refractivity contribution < 1.29 is 9.53 Å². The van der Waals surface area contributed by atoms with Crippen LogP contribution in [0.15, 0.2) is 95.2 Å². The number of nitrogens with zero attached hydrogens (tertiary/aromatic N) is 7. The van der Waals surface area contributed by atoms with E-state index < -0.39 is 17.2 Å². The van der Waals surface area contributed by atoms with Gasteiger partial charge in [0.05, 0.1) is 34.2 Å². The first-order valence-corrected chi connectivity index (χ1v) is 20.7. The zero-order valence-corrected chi connectivity index (χ0v) is 35.0. The first kappa shape index (κ1) is 39.9. The van der Waals surface area contributed by atoms with Gasteiger partial charge in [-0.2, -0.15) is 5.26 Å². The number of amides is 1. The summed E-state index contributed by atoms with van der Waals surface area (Å²) in [4.78, 5) is 37.8. The highest BCUT2D eigenvalue weighted by Crippen LogP contribution is 2.51. The molecule has 3 aromatic carbocycles. The fourth-order valence-electron chi connectivity index (χ4n) is 8.12. The van der Waals surface area contributed by atoms with Crippen molar-refractivity contribution in [2.24, 2.45) is 4.99 Å². The third kappa shape index (κ3) is 7.99. The van der Waals surface area contributed by atoms with Gasteiger partial charge in [0.25, 0.3) is 0 Å². The van der Waals surface area contributed by atoms with Crippen molar-refractivity contribution in [2.75, 3.05) is 30.6 Å². The second-order valence-corrected chi connectivity index (χ2v) is 16.8. The van der Waals surface area contributed by atoms with Crippen LogP contribution in [0.25, 0.3) is 0 Å². The Bertz CT molecular complexity index is 2340. The molecule has 0 bridgehead atoms. The highest BCUT2D eigenvalue weighted by atomic mass is 35.5. The lowest BCUT2D eigenvalue weighted by molar-refractivity contribution is 0.0634. The molecular weight excluding hydrogens is 752 g/mol. The van der Waals surface area contributed by atoms with Gasteiger partial charge in [0.1, 0.15) is 17.5 Å². The molecule has 2 atom stereocenters. The van der Waals surface area contributed by atoms with Crippen LogP contribution in [0.1, 0.15) is 91.2 Å². The van der Waals surface area contributed by atoms with E-state index in [0.717, 1.165) is 69.9 Å².